The number of H-pyrrole nitrogens is 1. The molecule has 4 nitrogen and oxygen atoms in total. The van der Waals surface area contributed by atoms with Crippen LogP contribution in [0.3, 0.4) is 0 Å². The maximum absolute atomic E-state index is 11.1. The molecule has 5 heteroatoms. The molecule has 19 heavy (non-hydrogen) atoms. The van der Waals surface area contributed by atoms with Gasteiger partial charge in [0.2, 0.25) is 0 Å². The lowest BCUT2D eigenvalue weighted by molar-refractivity contribution is 0.0372. The topological polar surface area (TPSA) is 60.9 Å². The molecule has 2 heterocycles. The van der Waals surface area contributed by atoms with E-state index >= 15 is 0 Å². The molecule has 2 fully saturated rings. The molecule has 3 N–H and O–H groups in total. The van der Waals surface area contributed by atoms with Crippen LogP contribution < -0.4 is 5.32 Å². The fourth-order valence-corrected chi connectivity index (χ4v) is 4.05. The van der Waals surface area contributed by atoms with Crippen LogP contribution in [0.4, 0.5) is 0 Å². The van der Waals surface area contributed by atoms with Crippen molar-refractivity contribution in [2.24, 2.45) is 11.8 Å². The predicted molar refractivity (Wildman–Crippen MR) is 74.1 cm³/mol. The highest BCUT2D eigenvalue weighted by atomic mass is 35.5. The molecule has 1 aromatic heterocycles. The van der Waals surface area contributed by atoms with Crippen LogP contribution in [0.15, 0.2) is 18.3 Å². The Morgan fingerprint density at radius 3 is 2.74 bits per heavy atom. The van der Waals surface area contributed by atoms with Crippen molar-refractivity contribution < 1.29 is 5.11 Å². The van der Waals surface area contributed by atoms with Crippen molar-refractivity contribution in [2.45, 2.75) is 18.4 Å². The summed E-state index contributed by atoms with van der Waals surface area (Å²) in [5.74, 6) is 1.14. The van der Waals surface area contributed by atoms with E-state index in [1.807, 2.05) is 12.1 Å². The Kier molecular flexibility index (Phi) is 2.43. The van der Waals surface area contributed by atoms with Crippen molar-refractivity contribution in [3.63, 3.8) is 0 Å². The van der Waals surface area contributed by atoms with Crippen molar-refractivity contribution >= 4 is 22.5 Å². The molecular weight excluding hydrogens is 262 g/mol. The van der Waals surface area contributed by atoms with Gasteiger partial charge in [-0.1, -0.05) is 11.6 Å². The first-order chi connectivity index (χ1) is 9.16. The van der Waals surface area contributed by atoms with Crippen LogP contribution in [0.25, 0.3) is 10.9 Å². The van der Waals surface area contributed by atoms with Crippen molar-refractivity contribution in [3.8, 4) is 0 Å². The summed E-state index contributed by atoms with van der Waals surface area (Å²) in [5, 5.41) is 23.2. The number of aliphatic hydroxyl groups is 1. The third kappa shape index (κ3) is 1.71. The SMILES string of the molecule is OC1(c2cc(Cl)cc3cn[nH]c23)C[C@H]2CNC[C@@H]2C1. The first-order valence-corrected chi connectivity index (χ1v) is 7.10. The Balaban J connectivity index is 1.83. The number of hydrogen-bond acceptors (Lipinski definition) is 3. The lowest BCUT2D eigenvalue weighted by Crippen LogP contribution is -2.26. The van der Waals surface area contributed by atoms with Gasteiger partial charge in [0, 0.05) is 16.0 Å². The summed E-state index contributed by atoms with van der Waals surface area (Å²) in [6.07, 6.45) is 3.36. The monoisotopic (exact) mass is 277 g/mol. The molecular formula is C14H16ClN3O. The first kappa shape index (κ1) is 11.7. The van der Waals surface area contributed by atoms with Gasteiger partial charge in [0.25, 0.3) is 0 Å². The molecule has 1 saturated heterocycles. The van der Waals surface area contributed by atoms with Crippen LogP contribution >= 0.6 is 11.6 Å². The number of fused-ring (bicyclic) bond motifs is 2. The van der Waals surface area contributed by atoms with Crippen LogP contribution in [-0.2, 0) is 5.60 Å². The summed E-state index contributed by atoms with van der Waals surface area (Å²) in [5.41, 5.74) is 1.05. The van der Waals surface area contributed by atoms with E-state index in [-0.39, 0.29) is 0 Å². The molecule has 2 aliphatic rings. The van der Waals surface area contributed by atoms with Gasteiger partial charge in [-0.05, 0) is 49.9 Å². The number of benzene rings is 1. The van der Waals surface area contributed by atoms with Crippen molar-refractivity contribution in [2.75, 3.05) is 13.1 Å². The number of aromatic amines is 1. The number of nitrogens with zero attached hydrogens (tertiary/aromatic N) is 1. The molecule has 0 bridgehead atoms. The molecule has 0 spiro atoms. The third-order valence-corrected chi connectivity index (χ3v) is 4.91. The van der Waals surface area contributed by atoms with E-state index in [0.717, 1.165) is 42.4 Å². The molecule has 1 aliphatic carbocycles. The van der Waals surface area contributed by atoms with Crippen LogP contribution in [-0.4, -0.2) is 28.4 Å². The van der Waals surface area contributed by atoms with Crippen LogP contribution in [0.1, 0.15) is 18.4 Å². The summed E-state index contributed by atoms with van der Waals surface area (Å²) >= 11 is 6.18. The molecule has 0 radical (unpaired) electrons. The summed E-state index contributed by atoms with van der Waals surface area (Å²) in [6.45, 7) is 2.03. The quantitative estimate of drug-likeness (QED) is 0.747. The molecule has 100 valence electrons. The highest BCUT2D eigenvalue weighted by Gasteiger charge is 2.47. The Labute approximate surface area is 116 Å². The van der Waals surface area contributed by atoms with E-state index in [1.165, 1.54) is 0 Å². The average Bonchev–Trinajstić information content (AvgIpc) is 3.01. The fourth-order valence-electron chi connectivity index (χ4n) is 3.82. The van der Waals surface area contributed by atoms with Gasteiger partial charge in [-0.2, -0.15) is 5.10 Å². The number of aromatic nitrogens is 2. The van der Waals surface area contributed by atoms with Gasteiger partial charge in [-0.3, -0.25) is 5.10 Å². The Morgan fingerprint density at radius 2 is 2.00 bits per heavy atom. The van der Waals surface area contributed by atoms with Gasteiger partial charge < -0.3 is 10.4 Å². The minimum atomic E-state index is -0.771. The number of halogens is 1. The van der Waals surface area contributed by atoms with Crippen LogP contribution in [0, 0.1) is 11.8 Å². The zero-order chi connectivity index (χ0) is 13.0. The van der Waals surface area contributed by atoms with E-state index in [0.29, 0.717) is 16.9 Å². The number of nitrogens with one attached hydrogen (secondary N) is 2. The zero-order valence-electron chi connectivity index (χ0n) is 10.5. The Morgan fingerprint density at radius 1 is 1.26 bits per heavy atom. The van der Waals surface area contributed by atoms with Gasteiger partial charge in [-0.25, -0.2) is 0 Å². The standard InChI is InChI=1S/C14H16ClN3O/c15-11-1-8-7-17-18-13(8)12(2-11)14(19)3-9-5-16-6-10(9)4-14/h1-2,7,9-10,16,19H,3-6H2,(H,17,18)/t9-,10-/m0/s1. The average molecular weight is 278 g/mol. The molecule has 1 aliphatic heterocycles. The summed E-state index contributed by atoms with van der Waals surface area (Å²) < 4.78 is 0. The molecule has 1 aromatic carbocycles. The highest BCUT2D eigenvalue weighted by molar-refractivity contribution is 6.31. The van der Waals surface area contributed by atoms with Gasteiger partial charge in [0.1, 0.15) is 0 Å². The molecule has 2 atom stereocenters. The maximum atomic E-state index is 11.1. The zero-order valence-corrected chi connectivity index (χ0v) is 11.2. The Hall–Kier alpha value is -1.10. The summed E-state index contributed by atoms with van der Waals surface area (Å²) in [4.78, 5) is 0. The normalized spacial score (nSPS) is 28.9. The van der Waals surface area contributed by atoms with Crippen molar-refractivity contribution in [3.05, 3.63) is 28.9 Å². The number of hydrogen-bond donors (Lipinski definition) is 3. The van der Waals surface area contributed by atoms with Gasteiger partial charge in [0.15, 0.2) is 0 Å². The van der Waals surface area contributed by atoms with E-state index in [4.69, 9.17) is 11.6 Å². The third-order valence-electron chi connectivity index (χ3n) is 4.69. The molecule has 0 amide bonds. The van der Waals surface area contributed by atoms with E-state index < -0.39 is 5.60 Å². The lowest BCUT2D eigenvalue weighted by atomic mass is 9.89. The Bertz CT molecular complexity index is 627. The second-order valence-electron chi connectivity index (χ2n) is 5.91. The second-order valence-corrected chi connectivity index (χ2v) is 6.34. The predicted octanol–water partition coefficient (Wildman–Crippen LogP) is 2.03. The second kappa shape index (κ2) is 3.95. The summed E-state index contributed by atoms with van der Waals surface area (Å²) in [6, 6.07) is 3.77. The molecule has 0 unspecified atom stereocenters. The largest absolute Gasteiger partial charge is 0.385 e. The van der Waals surface area contributed by atoms with Gasteiger partial charge in [-0.15, -0.1) is 0 Å². The minimum Gasteiger partial charge on any atom is -0.385 e. The lowest BCUT2D eigenvalue weighted by Gasteiger charge is -2.25. The first-order valence-electron chi connectivity index (χ1n) is 6.72. The fraction of sp³-hybridized carbons (Fsp3) is 0.500. The van der Waals surface area contributed by atoms with Crippen LogP contribution in [0.2, 0.25) is 5.02 Å². The van der Waals surface area contributed by atoms with Crippen molar-refractivity contribution in [1.29, 1.82) is 0 Å². The van der Waals surface area contributed by atoms with E-state index in [9.17, 15) is 5.11 Å². The number of rotatable bonds is 1. The van der Waals surface area contributed by atoms with E-state index in [1.54, 1.807) is 6.20 Å². The molecule has 1 saturated carbocycles. The van der Waals surface area contributed by atoms with Crippen LogP contribution in [0.5, 0.6) is 0 Å². The minimum absolute atomic E-state index is 0.571. The maximum Gasteiger partial charge on any atom is 0.0924 e. The van der Waals surface area contributed by atoms with E-state index in [2.05, 4.69) is 15.5 Å². The van der Waals surface area contributed by atoms with Gasteiger partial charge in [0.05, 0.1) is 17.3 Å². The van der Waals surface area contributed by atoms with Gasteiger partial charge >= 0.3 is 0 Å². The highest BCUT2D eigenvalue weighted by Crippen LogP contribution is 2.48. The smallest absolute Gasteiger partial charge is 0.0924 e. The molecule has 2 aromatic rings. The van der Waals surface area contributed by atoms with Crippen molar-refractivity contribution in [1.82, 2.24) is 15.5 Å². The molecule has 4 rings (SSSR count). The summed E-state index contributed by atoms with van der Waals surface area (Å²) in [7, 11) is 0.